The molecule has 9 heteroatoms. The van der Waals surface area contributed by atoms with Crippen molar-refractivity contribution in [2.45, 2.75) is 38.9 Å². The Bertz CT molecular complexity index is 466. The van der Waals surface area contributed by atoms with Crippen LogP contribution in [0.5, 0.6) is 5.75 Å². The Morgan fingerprint density at radius 1 is 1.08 bits per heavy atom. The molecule has 8 nitrogen and oxygen atoms in total. The van der Waals surface area contributed by atoms with Crippen LogP contribution < -0.4 is 9.55 Å². The molecule has 1 aromatic rings. The Labute approximate surface area is 142 Å². The Morgan fingerprint density at radius 2 is 1.62 bits per heavy atom. The molecule has 1 aliphatic rings. The van der Waals surface area contributed by atoms with Crippen LogP contribution in [-0.2, 0) is 4.74 Å². The average molecular weight is 342 g/mol. The Morgan fingerprint density at radius 3 is 2.00 bits per heavy atom. The van der Waals surface area contributed by atoms with E-state index < -0.39 is 18.5 Å². The van der Waals surface area contributed by atoms with Gasteiger partial charge in [0.2, 0.25) is 0 Å². The molecule has 0 atom stereocenters. The van der Waals surface area contributed by atoms with Gasteiger partial charge in [-0.25, -0.2) is 4.98 Å². The fourth-order valence-corrected chi connectivity index (χ4v) is 1.54. The summed E-state index contributed by atoms with van der Waals surface area (Å²) in [5.74, 6) is 1.16. The van der Waals surface area contributed by atoms with Gasteiger partial charge in [0.1, 0.15) is 11.6 Å². The van der Waals surface area contributed by atoms with Gasteiger partial charge >= 0.3 is 7.32 Å². The van der Waals surface area contributed by atoms with Gasteiger partial charge in [-0.2, -0.15) is 0 Å². The molecule has 0 amide bonds. The highest BCUT2D eigenvalue weighted by molar-refractivity contribution is 6.33. The van der Waals surface area contributed by atoms with Crippen molar-refractivity contribution >= 4 is 13.1 Å². The Kier molecular flexibility index (Phi) is 7.43. The van der Waals surface area contributed by atoms with Crippen molar-refractivity contribution in [3.8, 4) is 5.75 Å². The van der Waals surface area contributed by atoms with Crippen molar-refractivity contribution in [3.63, 3.8) is 0 Å². The van der Waals surface area contributed by atoms with Gasteiger partial charge in [0.25, 0.3) is 0 Å². The number of hydrogen-bond donors (Lipinski definition) is 4. The maximum atomic E-state index is 9.10. The molecule has 0 unspecified atom stereocenters. The third-order valence-electron chi connectivity index (χ3n) is 3.79. The molecular weight excluding hydrogens is 315 g/mol. The van der Waals surface area contributed by atoms with Crippen molar-refractivity contribution < 1.29 is 29.7 Å². The van der Waals surface area contributed by atoms with Gasteiger partial charge in [0.15, 0.2) is 0 Å². The lowest BCUT2D eigenvalue weighted by Gasteiger charge is -2.31. The minimum atomic E-state index is -1.81. The summed E-state index contributed by atoms with van der Waals surface area (Å²) < 4.78 is 9.90. The first kappa shape index (κ1) is 20.7. The van der Waals surface area contributed by atoms with Gasteiger partial charge in [-0.15, -0.1) is 0 Å². The lowest BCUT2D eigenvalue weighted by atomic mass is 9.90. The van der Waals surface area contributed by atoms with E-state index in [2.05, 4.69) is 14.5 Å². The van der Waals surface area contributed by atoms with Crippen LogP contribution in [-0.4, -0.2) is 70.1 Å². The largest absolute Gasteiger partial charge is 0.707 e. The highest BCUT2D eigenvalue weighted by atomic mass is 16.6. The van der Waals surface area contributed by atoms with Crippen LogP contribution in [0.3, 0.4) is 0 Å². The highest BCUT2D eigenvalue weighted by Gasteiger charge is 2.31. The lowest BCUT2D eigenvalue weighted by molar-refractivity contribution is -0.107. The number of rotatable bonds is 4. The van der Waals surface area contributed by atoms with Crippen LogP contribution in [0.25, 0.3) is 0 Å². The molecule has 1 aromatic heterocycles. The average Bonchev–Trinajstić information content (AvgIpc) is 2.47. The van der Waals surface area contributed by atoms with Gasteiger partial charge in [-0.3, -0.25) is 0 Å². The van der Waals surface area contributed by atoms with Crippen LogP contribution in [0.2, 0.25) is 0 Å². The van der Waals surface area contributed by atoms with E-state index in [0.29, 0.717) is 19.0 Å². The molecule has 0 spiro atoms. The molecule has 136 valence electrons. The SMILES string of the molecule is CC(C)(O)C(C)(C)O.OB(O)Oc1ccc(N2CCOCC2)nc1. The van der Waals surface area contributed by atoms with E-state index in [4.69, 9.17) is 25.0 Å². The topological polar surface area (TPSA) is 116 Å². The second-order valence-electron chi connectivity index (χ2n) is 6.51. The second kappa shape index (κ2) is 8.64. The zero-order valence-corrected chi connectivity index (χ0v) is 14.6. The maximum absolute atomic E-state index is 9.10. The predicted molar refractivity (Wildman–Crippen MR) is 90.7 cm³/mol. The van der Waals surface area contributed by atoms with Crippen LogP contribution in [0.4, 0.5) is 5.82 Å². The number of morpholine rings is 1. The fourth-order valence-electron chi connectivity index (χ4n) is 1.54. The van der Waals surface area contributed by atoms with E-state index in [0.717, 1.165) is 18.9 Å². The van der Waals surface area contributed by atoms with Crippen molar-refractivity contribution in [2.75, 3.05) is 31.2 Å². The number of hydrogen-bond acceptors (Lipinski definition) is 8. The molecule has 1 fully saturated rings. The van der Waals surface area contributed by atoms with E-state index in [-0.39, 0.29) is 0 Å². The molecule has 4 N–H and O–H groups in total. The third kappa shape index (κ3) is 7.02. The van der Waals surface area contributed by atoms with Crippen molar-refractivity contribution in [3.05, 3.63) is 18.3 Å². The molecule has 0 aliphatic carbocycles. The maximum Gasteiger partial charge on any atom is 0.707 e. The summed E-state index contributed by atoms with van der Waals surface area (Å²) in [6, 6.07) is 3.43. The van der Waals surface area contributed by atoms with Crippen LogP contribution in [0.1, 0.15) is 27.7 Å². The summed E-state index contributed by atoms with van der Waals surface area (Å²) in [6.45, 7) is 9.34. The molecule has 1 saturated heterocycles. The normalized spacial score (nSPS) is 15.4. The summed E-state index contributed by atoms with van der Waals surface area (Å²) in [4.78, 5) is 6.28. The van der Waals surface area contributed by atoms with Crippen LogP contribution in [0, 0.1) is 0 Å². The molecule has 1 aliphatic heterocycles. The number of aromatic nitrogens is 1. The first-order valence-corrected chi connectivity index (χ1v) is 7.77. The zero-order chi connectivity index (χ0) is 18.4. The zero-order valence-electron chi connectivity index (χ0n) is 14.6. The minimum Gasteiger partial charge on any atom is -0.511 e. The first-order chi connectivity index (χ1) is 11.0. The second-order valence-corrected chi connectivity index (χ2v) is 6.51. The van der Waals surface area contributed by atoms with E-state index in [1.165, 1.54) is 6.20 Å². The third-order valence-corrected chi connectivity index (χ3v) is 3.79. The smallest absolute Gasteiger partial charge is 0.511 e. The van der Waals surface area contributed by atoms with Gasteiger partial charge < -0.3 is 34.6 Å². The summed E-state index contributed by atoms with van der Waals surface area (Å²) in [7, 11) is -1.81. The minimum absolute atomic E-state index is 0.326. The quantitative estimate of drug-likeness (QED) is 0.556. The fraction of sp³-hybridized carbons (Fsp3) is 0.667. The van der Waals surface area contributed by atoms with Crippen molar-refractivity contribution in [1.82, 2.24) is 4.98 Å². The van der Waals surface area contributed by atoms with Gasteiger partial charge in [0, 0.05) is 13.1 Å². The van der Waals surface area contributed by atoms with E-state index >= 15 is 0 Å². The molecule has 2 rings (SSSR count). The number of nitrogens with zero attached hydrogens (tertiary/aromatic N) is 2. The van der Waals surface area contributed by atoms with Crippen LogP contribution >= 0.6 is 0 Å². The number of aliphatic hydroxyl groups is 2. The van der Waals surface area contributed by atoms with E-state index in [9.17, 15) is 0 Å². The van der Waals surface area contributed by atoms with Gasteiger partial charge in [-0.05, 0) is 39.8 Å². The highest BCUT2D eigenvalue weighted by Crippen LogP contribution is 2.19. The molecule has 0 aromatic carbocycles. The standard InChI is InChI=1S/C9H13BN2O4.C6H14O2/c13-10(14)16-8-1-2-9(11-7-8)12-3-5-15-6-4-12;1-5(2,7)6(3,4)8/h1-2,7,13-14H,3-6H2;7-8H,1-4H3. The number of anilines is 1. The predicted octanol–water partition coefficient (Wildman–Crippen LogP) is -0.205. The molecule has 2 heterocycles. The Hall–Kier alpha value is -1.39. The number of ether oxygens (including phenoxy) is 1. The van der Waals surface area contributed by atoms with Crippen molar-refractivity contribution in [2.24, 2.45) is 0 Å². The van der Waals surface area contributed by atoms with Gasteiger partial charge in [0.05, 0.1) is 30.6 Å². The lowest BCUT2D eigenvalue weighted by Crippen LogP contribution is -2.44. The monoisotopic (exact) mass is 342 g/mol. The summed E-state index contributed by atoms with van der Waals surface area (Å²) in [5, 5.41) is 35.4. The van der Waals surface area contributed by atoms with Crippen molar-refractivity contribution in [1.29, 1.82) is 0 Å². The Balaban J connectivity index is 0.000000307. The summed E-state index contributed by atoms with van der Waals surface area (Å²) in [5.41, 5.74) is -2.01. The number of pyridine rings is 1. The van der Waals surface area contributed by atoms with Crippen LogP contribution in [0.15, 0.2) is 18.3 Å². The van der Waals surface area contributed by atoms with Gasteiger partial charge in [-0.1, -0.05) is 0 Å². The first-order valence-electron chi connectivity index (χ1n) is 7.77. The molecular formula is C15H27BN2O6. The van der Waals surface area contributed by atoms with E-state index in [1.54, 1.807) is 39.8 Å². The van der Waals surface area contributed by atoms with E-state index in [1.807, 2.05) is 0 Å². The molecule has 24 heavy (non-hydrogen) atoms. The molecule has 0 saturated carbocycles. The summed E-state index contributed by atoms with van der Waals surface area (Å²) in [6.07, 6.45) is 1.46. The molecule has 0 bridgehead atoms. The summed E-state index contributed by atoms with van der Waals surface area (Å²) >= 11 is 0. The molecule has 0 radical (unpaired) electrons.